The van der Waals surface area contributed by atoms with Crippen LogP contribution in [0.3, 0.4) is 0 Å². The minimum absolute atomic E-state index is 0.206. The van der Waals surface area contributed by atoms with Crippen LogP contribution in [0.1, 0.15) is 45.0 Å². The van der Waals surface area contributed by atoms with Crippen molar-refractivity contribution >= 4 is 17.5 Å². The first-order valence-corrected chi connectivity index (χ1v) is 11.7. The summed E-state index contributed by atoms with van der Waals surface area (Å²) in [5, 5.41) is 5.58. The van der Waals surface area contributed by atoms with Crippen molar-refractivity contribution in [3.8, 4) is 11.4 Å². The molecule has 8 heteroatoms. The summed E-state index contributed by atoms with van der Waals surface area (Å²) < 4.78 is 5.68. The lowest BCUT2D eigenvalue weighted by Crippen LogP contribution is -2.45. The first-order valence-electron chi connectivity index (χ1n) is 11.7. The Labute approximate surface area is 190 Å². The number of rotatable bonds is 5. The van der Waals surface area contributed by atoms with Crippen molar-refractivity contribution in [1.29, 1.82) is 0 Å². The van der Waals surface area contributed by atoms with E-state index in [0.717, 1.165) is 61.2 Å². The third kappa shape index (κ3) is 4.56. The summed E-state index contributed by atoms with van der Waals surface area (Å²) in [6.45, 7) is 13.4. The molecule has 0 spiro atoms. The molecular formula is C24H34N6O2. The molecule has 32 heavy (non-hydrogen) atoms. The lowest BCUT2D eigenvalue weighted by Gasteiger charge is -2.39. The molecule has 172 valence electrons. The molecule has 2 aliphatic rings. The van der Waals surface area contributed by atoms with Gasteiger partial charge in [-0.3, -0.25) is 4.90 Å². The molecule has 0 unspecified atom stereocenters. The zero-order chi connectivity index (χ0) is 22.7. The van der Waals surface area contributed by atoms with Gasteiger partial charge in [0.2, 0.25) is 0 Å². The average molecular weight is 439 g/mol. The molecule has 1 fully saturated rings. The molecule has 3 heterocycles. The summed E-state index contributed by atoms with van der Waals surface area (Å²) in [5.74, 6) is 1.78. The maximum absolute atomic E-state index is 11.8. The molecule has 1 aromatic carbocycles. The highest BCUT2D eigenvalue weighted by atomic mass is 16.5. The maximum Gasteiger partial charge on any atom is 0.319 e. The zero-order valence-electron chi connectivity index (χ0n) is 19.5. The van der Waals surface area contributed by atoms with Gasteiger partial charge in [0, 0.05) is 42.5 Å². The second-order valence-electron chi connectivity index (χ2n) is 8.47. The molecule has 0 saturated carbocycles. The van der Waals surface area contributed by atoms with Crippen LogP contribution in [0, 0.1) is 0 Å². The number of nitrogens with one attached hydrogen (secondary N) is 2. The first-order chi connectivity index (χ1) is 15.5. The Bertz CT molecular complexity index is 948. The molecule has 0 aliphatic carbocycles. The van der Waals surface area contributed by atoms with Crippen LogP contribution in [0.25, 0.3) is 11.4 Å². The van der Waals surface area contributed by atoms with Crippen molar-refractivity contribution in [2.24, 2.45) is 0 Å². The quantitative estimate of drug-likeness (QED) is 0.744. The van der Waals surface area contributed by atoms with E-state index in [1.165, 1.54) is 5.56 Å². The van der Waals surface area contributed by atoms with Gasteiger partial charge in [-0.15, -0.1) is 0 Å². The summed E-state index contributed by atoms with van der Waals surface area (Å²) >= 11 is 0. The van der Waals surface area contributed by atoms with Crippen molar-refractivity contribution in [3.63, 3.8) is 0 Å². The second-order valence-corrected chi connectivity index (χ2v) is 8.47. The number of anilines is 2. The van der Waals surface area contributed by atoms with Crippen molar-refractivity contribution in [2.45, 2.75) is 46.2 Å². The lowest BCUT2D eigenvalue weighted by molar-refractivity contribution is 0.0982. The Kier molecular flexibility index (Phi) is 6.91. The van der Waals surface area contributed by atoms with E-state index < -0.39 is 0 Å². The number of carbonyl (C=O) groups is 1. The lowest BCUT2D eigenvalue weighted by atomic mass is 9.97. The van der Waals surface area contributed by atoms with Gasteiger partial charge in [0.05, 0.1) is 24.9 Å². The summed E-state index contributed by atoms with van der Waals surface area (Å²) in [4.78, 5) is 26.8. The number of urea groups is 1. The van der Waals surface area contributed by atoms with Crippen LogP contribution in [0.2, 0.25) is 0 Å². The van der Waals surface area contributed by atoms with Crippen LogP contribution in [-0.4, -0.2) is 66.3 Å². The van der Waals surface area contributed by atoms with Crippen LogP contribution >= 0.6 is 0 Å². The highest BCUT2D eigenvalue weighted by Gasteiger charge is 2.31. The molecule has 4 rings (SSSR count). The number of fused-ring (bicyclic) bond motifs is 1. The number of amides is 2. The predicted octanol–water partition coefficient (Wildman–Crippen LogP) is 3.45. The summed E-state index contributed by atoms with van der Waals surface area (Å²) in [5.41, 5.74) is 4.08. The van der Waals surface area contributed by atoms with Gasteiger partial charge in [0.1, 0.15) is 5.82 Å². The molecule has 2 N–H and O–H groups in total. The SMILES string of the molecule is CCNC(=O)Nc1ccc(-c2nc3c(c(N4CCOC[C@@H]4C)n2)CCN(CC)[C@@H]3C)cc1. The molecule has 2 aromatic rings. The van der Waals surface area contributed by atoms with Gasteiger partial charge in [-0.2, -0.15) is 0 Å². The summed E-state index contributed by atoms with van der Waals surface area (Å²) in [7, 11) is 0. The number of hydrogen-bond donors (Lipinski definition) is 2. The molecule has 1 saturated heterocycles. The topological polar surface area (TPSA) is 82.6 Å². The third-order valence-corrected chi connectivity index (χ3v) is 6.39. The van der Waals surface area contributed by atoms with Gasteiger partial charge in [-0.25, -0.2) is 14.8 Å². The van der Waals surface area contributed by atoms with Crippen LogP contribution in [0.4, 0.5) is 16.3 Å². The van der Waals surface area contributed by atoms with E-state index in [2.05, 4.69) is 41.2 Å². The van der Waals surface area contributed by atoms with Crippen LogP contribution < -0.4 is 15.5 Å². The maximum atomic E-state index is 11.8. The Hall–Kier alpha value is -2.71. The number of carbonyl (C=O) groups excluding carboxylic acids is 1. The third-order valence-electron chi connectivity index (χ3n) is 6.39. The van der Waals surface area contributed by atoms with Gasteiger partial charge in [-0.1, -0.05) is 6.92 Å². The van der Waals surface area contributed by atoms with E-state index in [1.54, 1.807) is 0 Å². The summed E-state index contributed by atoms with van der Waals surface area (Å²) in [6, 6.07) is 8.06. The van der Waals surface area contributed by atoms with E-state index >= 15 is 0 Å². The van der Waals surface area contributed by atoms with Crippen molar-refractivity contribution in [3.05, 3.63) is 35.5 Å². The number of benzene rings is 1. The van der Waals surface area contributed by atoms with E-state index in [4.69, 9.17) is 14.7 Å². The Morgan fingerprint density at radius 2 is 1.94 bits per heavy atom. The smallest absolute Gasteiger partial charge is 0.319 e. The molecule has 2 aliphatic heterocycles. The number of ether oxygens (including phenoxy) is 1. The van der Waals surface area contributed by atoms with Gasteiger partial charge in [0.15, 0.2) is 5.82 Å². The van der Waals surface area contributed by atoms with Crippen molar-refractivity contribution in [1.82, 2.24) is 20.2 Å². The largest absolute Gasteiger partial charge is 0.377 e. The van der Waals surface area contributed by atoms with Gasteiger partial charge >= 0.3 is 6.03 Å². The fraction of sp³-hybridized carbons (Fsp3) is 0.542. The van der Waals surface area contributed by atoms with E-state index in [0.29, 0.717) is 13.2 Å². The van der Waals surface area contributed by atoms with E-state index in [9.17, 15) is 4.79 Å². The molecule has 0 radical (unpaired) electrons. The number of morpholine rings is 1. The normalized spacial score (nSPS) is 21.2. The number of likely N-dealkylation sites (N-methyl/N-ethyl adjacent to an activating group) is 1. The highest BCUT2D eigenvalue weighted by Crippen LogP contribution is 2.36. The fourth-order valence-electron chi connectivity index (χ4n) is 4.58. The van der Waals surface area contributed by atoms with Crippen LogP contribution in [0.15, 0.2) is 24.3 Å². The standard InChI is InChI=1S/C24H34N6O2/c1-5-25-24(31)26-19-9-7-18(8-10-19)22-27-21-17(4)29(6-2)12-11-20(21)23(28-22)30-13-14-32-15-16(30)3/h7-10,16-17H,5-6,11-15H2,1-4H3,(H2,25,26,31)/t16-,17+/m0/s1. The van der Waals surface area contributed by atoms with E-state index in [1.807, 2.05) is 31.2 Å². The Balaban J connectivity index is 1.71. The van der Waals surface area contributed by atoms with Gasteiger partial charge in [0.25, 0.3) is 0 Å². The van der Waals surface area contributed by atoms with Crippen LogP contribution in [0.5, 0.6) is 0 Å². The second kappa shape index (κ2) is 9.83. The molecule has 1 aromatic heterocycles. The predicted molar refractivity (Wildman–Crippen MR) is 127 cm³/mol. The zero-order valence-corrected chi connectivity index (χ0v) is 19.5. The fourth-order valence-corrected chi connectivity index (χ4v) is 4.58. The minimum Gasteiger partial charge on any atom is -0.377 e. The van der Waals surface area contributed by atoms with Gasteiger partial charge in [-0.05, 0) is 58.0 Å². The first kappa shape index (κ1) is 22.5. The summed E-state index contributed by atoms with van der Waals surface area (Å²) in [6.07, 6.45) is 0.961. The highest BCUT2D eigenvalue weighted by molar-refractivity contribution is 5.89. The molecule has 8 nitrogen and oxygen atoms in total. The molecular weight excluding hydrogens is 404 g/mol. The molecule has 2 atom stereocenters. The molecule has 2 amide bonds. The van der Waals surface area contributed by atoms with Crippen LogP contribution in [-0.2, 0) is 11.2 Å². The monoisotopic (exact) mass is 438 g/mol. The molecule has 0 bridgehead atoms. The Morgan fingerprint density at radius 1 is 1.16 bits per heavy atom. The Morgan fingerprint density at radius 3 is 2.62 bits per heavy atom. The average Bonchev–Trinajstić information content (AvgIpc) is 2.80. The number of hydrogen-bond acceptors (Lipinski definition) is 6. The number of nitrogens with zero attached hydrogens (tertiary/aromatic N) is 4. The van der Waals surface area contributed by atoms with Gasteiger partial charge < -0.3 is 20.3 Å². The minimum atomic E-state index is -0.206. The van der Waals surface area contributed by atoms with E-state index in [-0.39, 0.29) is 18.1 Å². The van der Waals surface area contributed by atoms with Crippen molar-refractivity contribution in [2.75, 3.05) is 49.6 Å². The van der Waals surface area contributed by atoms with Crippen molar-refractivity contribution < 1.29 is 9.53 Å². The number of aromatic nitrogens is 2.